The maximum absolute atomic E-state index is 13.8. The largest absolute Gasteiger partial charge is 0.497 e. The summed E-state index contributed by atoms with van der Waals surface area (Å²) in [6.07, 6.45) is 0. The van der Waals surface area contributed by atoms with Gasteiger partial charge in [-0.2, -0.15) is 0 Å². The zero-order valence-electron chi connectivity index (χ0n) is 17.3. The van der Waals surface area contributed by atoms with E-state index in [1.165, 1.54) is 28.2 Å². The van der Waals surface area contributed by atoms with Crippen molar-refractivity contribution in [2.24, 2.45) is 0 Å². The lowest BCUT2D eigenvalue weighted by molar-refractivity contribution is 0.0730. The molecule has 0 aliphatic rings. The van der Waals surface area contributed by atoms with Gasteiger partial charge in [-0.25, -0.2) is 14.1 Å². The van der Waals surface area contributed by atoms with Crippen molar-refractivity contribution in [2.75, 3.05) is 14.2 Å². The maximum Gasteiger partial charge on any atom is 0.293 e. The predicted octanol–water partition coefficient (Wildman–Crippen LogP) is 4.98. The zero-order chi connectivity index (χ0) is 22.0. The van der Waals surface area contributed by atoms with E-state index in [-0.39, 0.29) is 23.6 Å². The van der Waals surface area contributed by atoms with Crippen molar-refractivity contribution in [1.29, 1.82) is 0 Å². The number of amides is 1. The molecule has 2 aromatic carbocycles. The fourth-order valence-corrected chi connectivity index (χ4v) is 3.89. The molecule has 0 aliphatic carbocycles. The van der Waals surface area contributed by atoms with Gasteiger partial charge < -0.3 is 9.64 Å². The van der Waals surface area contributed by atoms with Crippen LogP contribution in [0.1, 0.15) is 29.1 Å². The number of hydrogen-bond donors (Lipinski definition) is 0. The van der Waals surface area contributed by atoms with Crippen LogP contribution in [0.5, 0.6) is 5.75 Å². The van der Waals surface area contributed by atoms with E-state index in [9.17, 15) is 9.18 Å². The lowest BCUT2D eigenvalue weighted by Gasteiger charge is -2.24. The summed E-state index contributed by atoms with van der Waals surface area (Å²) in [5, 5.41) is 6.35. The Morgan fingerprint density at radius 3 is 2.58 bits per heavy atom. The van der Waals surface area contributed by atoms with E-state index in [2.05, 4.69) is 10.1 Å². The Bertz CT molecular complexity index is 1190. The molecule has 1 amide bonds. The van der Waals surface area contributed by atoms with Crippen molar-refractivity contribution < 1.29 is 13.9 Å². The van der Waals surface area contributed by atoms with Gasteiger partial charge in [-0.15, -0.1) is 16.4 Å². The number of rotatable bonds is 6. The van der Waals surface area contributed by atoms with Crippen LogP contribution in [0.2, 0.25) is 0 Å². The minimum absolute atomic E-state index is 0.0514. The molecule has 0 saturated carbocycles. The Morgan fingerprint density at radius 2 is 1.94 bits per heavy atom. The summed E-state index contributed by atoms with van der Waals surface area (Å²) in [7, 11) is 3.32. The highest BCUT2D eigenvalue weighted by Gasteiger charge is 2.25. The number of ether oxygens (including phenoxy) is 1. The Morgan fingerprint density at radius 1 is 1.16 bits per heavy atom. The number of methoxy groups -OCH3 is 1. The van der Waals surface area contributed by atoms with Crippen LogP contribution in [-0.4, -0.2) is 39.7 Å². The van der Waals surface area contributed by atoms with E-state index in [4.69, 9.17) is 4.74 Å². The Hall–Kier alpha value is -3.52. The maximum atomic E-state index is 13.8. The average Bonchev–Trinajstić information content (AvgIpc) is 3.47. The SMILES string of the molecule is COc1ccc(C(C)N(C)C(=O)c2nc(-c3cccs3)n(-c3cccc(F)c3)n2)cc1. The van der Waals surface area contributed by atoms with E-state index in [0.717, 1.165) is 16.2 Å². The van der Waals surface area contributed by atoms with Gasteiger partial charge in [-0.3, -0.25) is 4.79 Å². The summed E-state index contributed by atoms with van der Waals surface area (Å²) < 4.78 is 20.5. The Labute approximate surface area is 183 Å². The van der Waals surface area contributed by atoms with Gasteiger partial charge in [0.1, 0.15) is 11.6 Å². The van der Waals surface area contributed by atoms with Crippen molar-refractivity contribution in [3.63, 3.8) is 0 Å². The van der Waals surface area contributed by atoms with Crippen LogP contribution >= 0.6 is 11.3 Å². The highest BCUT2D eigenvalue weighted by atomic mass is 32.1. The fraction of sp³-hybridized carbons (Fsp3) is 0.174. The number of carbonyl (C=O) groups excluding carboxylic acids is 1. The van der Waals surface area contributed by atoms with E-state index in [0.29, 0.717) is 11.5 Å². The number of aromatic nitrogens is 3. The second-order valence-corrected chi connectivity index (χ2v) is 7.94. The smallest absolute Gasteiger partial charge is 0.293 e. The first-order valence-electron chi connectivity index (χ1n) is 9.66. The molecule has 0 bridgehead atoms. The molecule has 0 radical (unpaired) electrons. The van der Waals surface area contributed by atoms with Gasteiger partial charge in [0, 0.05) is 7.05 Å². The number of hydrogen-bond acceptors (Lipinski definition) is 5. The molecule has 0 fully saturated rings. The van der Waals surface area contributed by atoms with Crippen molar-refractivity contribution in [3.05, 3.63) is 83.2 Å². The van der Waals surface area contributed by atoms with Crippen molar-refractivity contribution in [2.45, 2.75) is 13.0 Å². The summed E-state index contributed by atoms with van der Waals surface area (Å²) in [5.74, 6) is 0.588. The summed E-state index contributed by atoms with van der Waals surface area (Å²) in [6.45, 7) is 1.93. The zero-order valence-corrected chi connectivity index (χ0v) is 18.1. The van der Waals surface area contributed by atoms with Gasteiger partial charge in [0.05, 0.1) is 23.7 Å². The van der Waals surface area contributed by atoms with Crippen LogP contribution in [-0.2, 0) is 0 Å². The molecule has 1 atom stereocenters. The number of benzene rings is 2. The Kier molecular flexibility index (Phi) is 5.81. The molecule has 0 spiro atoms. The number of nitrogens with zero attached hydrogens (tertiary/aromatic N) is 4. The van der Waals surface area contributed by atoms with Crippen LogP contribution in [0.25, 0.3) is 16.4 Å². The highest BCUT2D eigenvalue weighted by Crippen LogP contribution is 2.27. The lowest BCUT2D eigenvalue weighted by atomic mass is 10.1. The monoisotopic (exact) mass is 436 g/mol. The Balaban J connectivity index is 1.68. The molecule has 158 valence electrons. The first kappa shape index (κ1) is 20.7. The van der Waals surface area contributed by atoms with Gasteiger partial charge in [0.2, 0.25) is 5.82 Å². The second kappa shape index (κ2) is 8.69. The topological polar surface area (TPSA) is 60.2 Å². The molecule has 4 rings (SSSR count). The van der Waals surface area contributed by atoms with Crippen LogP contribution in [0.3, 0.4) is 0 Å². The quantitative estimate of drug-likeness (QED) is 0.428. The molecule has 31 heavy (non-hydrogen) atoms. The predicted molar refractivity (Wildman–Crippen MR) is 118 cm³/mol. The molecule has 2 aromatic heterocycles. The lowest BCUT2D eigenvalue weighted by Crippen LogP contribution is -2.30. The molecule has 2 heterocycles. The molecular weight excluding hydrogens is 415 g/mol. The van der Waals surface area contributed by atoms with E-state index in [1.54, 1.807) is 31.2 Å². The fourth-order valence-electron chi connectivity index (χ4n) is 3.20. The van der Waals surface area contributed by atoms with Crippen molar-refractivity contribution in [3.8, 4) is 22.1 Å². The first-order valence-corrected chi connectivity index (χ1v) is 10.5. The molecule has 0 aliphatic heterocycles. The third-order valence-electron chi connectivity index (χ3n) is 5.09. The summed E-state index contributed by atoms with van der Waals surface area (Å²) in [5.41, 5.74) is 1.46. The molecule has 8 heteroatoms. The molecular formula is C23H21FN4O2S. The number of thiophene rings is 1. The van der Waals surface area contributed by atoms with Crippen LogP contribution in [0.15, 0.2) is 66.0 Å². The second-order valence-electron chi connectivity index (χ2n) is 6.99. The molecule has 1 unspecified atom stereocenters. The van der Waals surface area contributed by atoms with Crippen molar-refractivity contribution in [1.82, 2.24) is 19.7 Å². The average molecular weight is 437 g/mol. The summed E-state index contributed by atoms with van der Waals surface area (Å²) >= 11 is 1.48. The standard InChI is InChI=1S/C23H21FN4O2S/c1-15(16-9-11-19(30-3)12-10-16)27(2)23(29)21-25-22(20-8-5-13-31-20)28(26-21)18-7-4-6-17(24)14-18/h4-15H,1-3H3. The molecule has 0 N–H and O–H groups in total. The van der Waals surface area contributed by atoms with Crippen LogP contribution < -0.4 is 4.74 Å². The van der Waals surface area contributed by atoms with E-state index in [1.807, 2.05) is 48.7 Å². The van der Waals surface area contributed by atoms with Gasteiger partial charge in [-0.05, 0) is 54.3 Å². The van der Waals surface area contributed by atoms with Crippen molar-refractivity contribution >= 4 is 17.2 Å². The third-order valence-corrected chi connectivity index (χ3v) is 5.96. The van der Waals surface area contributed by atoms with E-state index < -0.39 is 0 Å². The summed E-state index contributed by atoms with van der Waals surface area (Å²) in [6, 6.07) is 17.2. The van der Waals surface area contributed by atoms with Gasteiger partial charge in [-0.1, -0.05) is 24.3 Å². The first-order chi connectivity index (χ1) is 15.0. The number of halogens is 1. The van der Waals surface area contributed by atoms with Gasteiger partial charge in [0.25, 0.3) is 5.91 Å². The van der Waals surface area contributed by atoms with Gasteiger partial charge in [0.15, 0.2) is 5.82 Å². The minimum atomic E-state index is -0.386. The summed E-state index contributed by atoms with van der Waals surface area (Å²) in [4.78, 5) is 20.1. The number of carbonyl (C=O) groups is 1. The third kappa shape index (κ3) is 4.20. The highest BCUT2D eigenvalue weighted by molar-refractivity contribution is 7.13. The molecule has 4 aromatic rings. The minimum Gasteiger partial charge on any atom is -0.497 e. The molecule has 6 nitrogen and oxygen atoms in total. The molecule has 0 saturated heterocycles. The van der Waals surface area contributed by atoms with Crippen LogP contribution in [0.4, 0.5) is 4.39 Å². The normalized spacial score (nSPS) is 11.9. The van der Waals surface area contributed by atoms with Crippen LogP contribution in [0, 0.1) is 5.82 Å². The van der Waals surface area contributed by atoms with Gasteiger partial charge >= 0.3 is 0 Å². The van der Waals surface area contributed by atoms with E-state index >= 15 is 0 Å².